The molecule has 3 rings (SSSR count). The number of fused-ring (bicyclic) bond motifs is 1. The summed E-state index contributed by atoms with van der Waals surface area (Å²) < 4.78 is 31.2. The number of ether oxygens (including phenoxy) is 1. The minimum Gasteiger partial charge on any atom is -0.437 e. The summed E-state index contributed by atoms with van der Waals surface area (Å²) in [4.78, 5) is 13.7. The Balaban J connectivity index is 0.00000221. The number of nitriles is 1. The first-order valence-electron chi connectivity index (χ1n) is 14.3. The van der Waals surface area contributed by atoms with Gasteiger partial charge in [-0.1, -0.05) is 58.1 Å². The second kappa shape index (κ2) is 17.6. The fourth-order valence-corrected chi connectivity index (χ4v) is 4.11. The van der Waals surface area contributed by atoms with Crippen molar-refractivity contribution in [3.63, 3.8) is 0 Å². The zero-order chi connectivity index (χ0) is 32.7. The van der Waals surface area contributed by atoms with Crippen LogP contribution in [-0.4, -0.2) is 27.9 Å². The van der Waals surface area contributed by atoms with Crippen molar-refractivity contribution in [3.05, 3.63) is 83.1 Å². The van der Waals surface area contributed by atoms with Crippen LogP contribution in [0.15, 0.2) is 82.4 Å². The average molecular weight is 608 g/mol. The van der Waals surface area contributed by atoms with E-state index in [1.807, 2.05) is 87.6 Å². The van der Waals surface area contributed by atoms with Crippen LogP contribution in [0, 0.1) is 17.2 Å². The molecule has 0 saturated heterocycles. The highest BCUT2D eigenvalue weighted by Crippen LogP contribution is 2.28. The Morgan fingerprint density at radius 3 is 2.30 bits per heavy atom. The van der Waals surface area contributed by atoms with E-state index in [0.29, 0.717) is 35.2 Å². The van der Waals surface area contributed by atoms with Crippen LogP contribution >= 0.6 is 0 Å². The molecule has 1 aromatic carbocycles. The van der Waals surface area contributed by atoms with Crippen molar-refractivity contribution in [2.75, 3.05) is 5.32 Å². The summed E-state index contributed by atoms with van der Waals surface area (Å²) in [6, 6.07) is 8.63. The molecule has 0 bridgehead atoms. The van der Waals surface area contributed by atoms with E-state index in [2.05, 4.69) is 26.3 Å². The van der Waals surface area contributed by atoms with Gasteiger partial charge in [0, 0.05) is 12.7 Å². The molecule has 0 amide bonds. The molecule has 43 heavy (non-hydrogen) atoms. The summed E-state index contributed by atoms with van der Waals surface area (Å²) in [7, 11) is -1.89. The van der Waals surface area contributed by atoms with Crippen LogP contribution in [0.5, 0.6) is 5.88 Å². The highest BCUT2D eigenvalue weighted by molar-refractivity contribution is 7.89. The molecule has 232 valence electrons. The van der Waals surface area contributed by atoms with Crippen molar-refractivity contribution in [2.24, 2.45) is 18.1 Å². The Morgan fingerprint density at radius 2 is 1.77 bits per heavy atom. The van der Waals surface area contributed by atoms with Gasteiger partial charge in [0.1, 0.15) is 5.76 Å². The summed E-state index contributed by atoms with van der Waals surface area (Å²) in [6.45, 7) is 17.5. The number of benzene rings is 1. The van der Waals surface area contributed by atoms with Crippen molar-refractivity contribution in [2.45, 2.75) is 73.6 Å². The number of nitrogens with zero attached hydrogens (tertiary/aromatic N) is 5. The molecule has 0 aliphatic rings. The lowest BCUT2D eigenvalue weighted by molar-refractivity contribution is 0.417. The topological polar surface area (TPSA) is 149 Å². The Morgan fingerprint density at radius 1 is 1.14 bits per heavy atom. The third-order valence-electron chi connectivity index (χ3n) is 5.77. The van der Waals surface area contributed by atoms with Crippen molar-refractivity contribution in [1.82, 2.24) is 19.5 Å². The normalized spacial score (nSPS) is 12.4. The number of aryl methyl sites for hydroxylation is 1. The van der Waals surface area contributed by atoms with Crippen molar-refractivity contribution in [1.29, 1.82) is 5.26 Å². The van der Waals surface area contributed by atoms with Crippen molar-refractivity contribution < 1.29 is 13.2 Å². The third-order valence-corrected chi connectivity index (χ3v) is 6.70. The fourth-order valence-electron chi connectivity index (χ4n) is 3.59. The van der Waals surface area contributed by atoms with Gasteiger partial charge in [0.25, 0.3) is 5.88 Å². The minimum absolute atomic E-state index is 0.0731. The number of hydrogen-bond donors (Lipinski definition) is 2. The van der Waals surface area contributed by atoms with Crippen LogP contribution in [0.25, 0.3) is 11.2 Å². The second-order valence-corrected chi connectivity index (χ2v) is 10.8. The average Bonchev–Trinajstić information content (AvgIpc) is 3.38. The number of imidazole rings is 1. The maximum atomic E-state index is 11.5. The van der Waals surface area contributed by atoms with Gasteiger partial charge in [-0.2, -0.15) is 15.2 Å². The van der Waals surface area contributed by atoms with Gasteiger partial charge >= 0.3 is 0 Å². The van der Waals surface area contributed by atoms with Crippen molar-refractivity contribution in [3.8, 4) is 11.9 Å². The van der Waals surface area contributed by atoms with E-state index >= 15 is 0 Å². The Hall–Kier alpha value is -4.27. The molecule has 0 radical (unpaired) electrons. The van der Waals surface area contributed by atoms with Crippen LogP contribution < -0.4 is 15.2 Å². The molecule has 3 aromatic rings. The fraction of sp³-hybridized carbons (Fsp3) is 0.375. The molecular weight excluding hydrogens is 562 g/mol. The van der Waals surface area contributed by atoms with Crippen LogP contribution in [0.1, 0.15) is 67.9 Å². The SMILES string of the molecule is C/C=C(\C=C/C(C)C#N)Nc1nc(OC(=C(C)C)/C(C)=C\Cc2ccc(S(N)(=O)=O)cc2)c2ncn(C)c2n1.CC.CC. The molecule has 3 N–H and O–H groups in total. The predicted octanol–water partition coefficient (Wildman–Crippen LogP) is 6.96. The Labute approximate surface area is 256 Å². The van der Waals surface area contributed by atoms with Crippen molar-refractivity contribution >= 4 is 27.1 Å². The molecule has 11 heteroatoms. The van der Waals surface area contributed by atoms with Crippen LogP contribution in [-0.2, 0) is 23.5 Å². The number of hydrogen-bond acceptors (Lipinski definition) is 8. The van der Waals surface area contributed by atoms with Gasteiger partial charge in [0.15, 0.2) is 11.2 Å². The quantitative estimate of drug-likeness (QED) is 0.186. The first kappa shape index (κ1) is 36.8. The standard InChI is InChI=1S/C28H33N7O3S.2C2H6/c1-7-22(13-8-19(4)16-29)32-28-33-26-24(31-17-35(26)6)27(34-28)38-25(18(2)3)20(5)9-10-21-11-14-23(15-12-21)39(30,36)37;2*1-2/h7-9,11-15,17,19H,10H2,1-6H3,(H2,30,36,37)(H,32,33,34);2*1-2H3/b13-8-,20-9-,22-7+;;. The number of rotatable bonds is 10. The van der Waals surface area contributed by atoms with E-state index in [9.17, 15) is 8.42 Å². The van der Waals surface area contributed by atoms with Crippen LogP contribution in [0.4, 0.5) is 5.95 Å². The molecule has 2 aromatic heterocycles. The van der Waals surface area contributed by atoms with E-state index in [-0.39, 0.29) is 10.8 Å². The number of sulfonamides is 1. The zero-order valence-corrected chi connectivity index (χ0v) is 27.7. The summed E-state index contributed by atoms with van der Waals surface area (Å²) in [5.41, 5.74) is 4.59. The number of nitrogens with one attached hydrogen (secondary N) is 1. The molecule has 1 unspecified atom stereocenters. The van der Waals surface area contributed by atoms with E-state index in [1.165, 1.54) is 12.1 Å². The molecule has 0 aliphatic heterocycles. The molecule has 0 aliphatic carbocycles. The monoisotopic (exact) mass is 607 g/mol. The predicted molar refractivity (Wildman–Crippen MR) is 175 cm³/mol. The number of aromatic nitrogens is 4. The van der Waals surface area contributed by atoms with E-state index in [4.69, 9.17) is 15.1 Å². The van der Waals surface area contributed by atoms with E-state index in [1.54, 1.807) is 29.1 Å². The van der Waals surface area contributed by atoms with Gasteiger partial charge in [-0.15, -0.1) is 0 Å². The third kappa shape index (κ3) is 10.8. The second-order valence-electron chi connectivity index (χ2n) is 9.24. The van der Waals surface area contributed by atoms with Gasteiger partial charge < -0.3 is 14.6 Å². The summed E-state index contributed by atoms with van der Waals surface area (Å²) in [5.74, 6) is 1.03. The summed E-state index contributed by atoms with van der Waals surface area (Å²) in [5, 5.41) is 17.4. The molecule has 0 fully saturated rings. The number of nitrogens with two attached hydrogens (primary N) is 1. The van der Waals surface area contributed by atoms with Gasteiger partial charge in [-0.05, 0) is 76.0 Å². The summed E-state index contributed by atoms with van der Waals surface area (Å²) in [6.07, 6.45) is 9.68. The maximum absolute atomic E-state index is 11.5. The zero-order valence-electron chi connectivity index (χ0n) is 26.9. The molecule has 10 nitrogen and oxygen atoms in total. The van der Waals surface area contributed by atoms with Crippen LogP contribution in [0.2, 0.25) is 0 Å². The number of anilines is 1. The highest BCUT2D eigenvalue weighted by atomic mass is 32.2. The molecule has 0 saturated carbocycles. The lowest BCUT2D eigenvalue weighted by Gasteiger charge is -2.14. The highest BCUT2D eigenvalue weighted by Gasteiger charge is 2.17. The largest absolute Gasteiger partial charge is 0.437 e. The first-order chi connectivity index (χ1) is 20.4. The van der Waals surface area contributed by atoms with Gasteiger partial charge in [0.2, 0.25) is 16.0 Å². The molecule has 1 atom stereocenters. The lowest BCUT2D eigenvalue weighted by Crippen LogP contribution is -2.11. The van der Waals surface area contributed by atoms with E-state index < -0.39 is 10.0 Å². The van der Waals surface area contributed by atoms with Crippen LogP contribution in [0.3, 0.4) is 0 Å². The maximum Gasteiger partial charge on any atom is 0.252 e. The van der Waals surface area contributed by atoms with Gasteiger partial charge in [-0.25, -0.2) is 18.5 Å². The molecule has 2 heterocycles. The Kier molecular flexibility index (Phi) is 15.1. The van der Waals surface area contributed by atoms with Gasteiger partial charge in [0.05, 0.1) is 23.2 Å². The molecular formula is C32H45N7O3S. The lowest BCUT2D eigenvalue weighted by atomic mass is 10.1. The Bertz CT molecular complexity index is 1620. The smallest absolute Gasteiger partial charge is 0.252 e. The number of primary sulfonamides is 1. The van der Waals surface area contributed by atoms with Gasteiger partial charge in [-0.3, -0.25) is 0 Å². The minimum atomic E-state index is -3.74. The molecule has 0 spiro atoms. The summed E-state index contributed by atoms with van der Waals surface area (Å²) >= 11 is 0. The number of allylic oxidation sites excluding steroid dienone is 6. The first-order valence-corrected chi connectivity index (χ1v) is 15.8. The van der Waals surface area contributed by atoms with E-state index in [0.717, 1.165) is 22.4 Å².